The molecule has 20 heavy (non-hydrogen) atoms. The normalized spacial score (nSPS) is 12.0. The predicted molar refractivity (Wildman–Crippen MR) is 102 cm³/mol. The van der Waals surface area contributed by atoms with Crippen LogP contribution in [0.1, 0.15) is 97.8 Å². The van der Waals surface area contributed by atoms with Crippen LogP contribution in [-0.4, -0.2) is 16.2 Å². The van der Waals surface area contributed by atoms with Gasteiger partial charge in [0.2, 0.25) is 0 Å². The van der Waals surface area contributed by atoms with E-state index in [1.807, 2.05) is 0 Å². The van der Waals surface area contributed by atoms with Gasteiger partial charge in [-0.05, 0) is 0 Å². The molecule has 0 radical (unpaired) electrons. The van der Waals surface area contributed by atoms with Crippen LogP contribution in [0.2, 0.25) is 13.3 Å². The molecule has 122 valence electrons. The van der Waals surface area contributed by atoms with Gasteiger partial charge in [0.25, 0.3) is 0 Å². The fourth-order valence-corrected chi connectivity index (χ4v) is 18.3. The van der Waals surface area contributed by atoms with Crippen molar-refractivity contribution in [1.29, 1.82) is 0 Å². The first-order chi connectivity index (χ1) is 9.68. The molecule has 0 aromatic carbocycles. The summed E-state index contributed by atoms with van der Waals surface area (Å²) in [6, 6.07) is 0. The number of hydrogen-bond acceptors (Lipinski definition) is 0. The zero-order valence-electron chi connectivity index (χ0n) is 14.5. The second-order valence-corrected chi connectivity index (χ2v) is 28.7. The monoisotopic (exact) mass is 454 g/mol. The number of halogens is 1. The summed E-state index contributed by atoms with van der Waals surface area (Å²) in [6.07, 6.45) is 17.4. The maximum absolute atomic E-state index is 4.35. The Morgan fingerprint density at radius 1 is 0.500 bits per heavy atom. The summed E-state index contributed by atoms with van der Waals surface area (Å²) < 4.78 is 4.81. The molecule has 0 bridgehead atoms. The van der Waals surface area contributed by atoms with E-state index in [0.29, 0.717) is 0 Å². The van der Waals surface area contributed by atoms with Crippen molar-refractivity contribution >= 4 is 28.9 Å². The van der Waals surface area contributed by atoms with Gasteiger partial charge in [-0.2, -0.15) is 0 Å². The van der Waals surface area contributed by atoms with Crippen LogP contribution >= 0.6 is 12.7 Å². The van der Waals surface area contributed by atoms with E-state index >= 15 is 0 Å². The summed E-state index contributed by atoms with van der Waals surface area (Å²) >= 11 is 2.47. The van der Waals surface area contributed by atoms with Gasteiger partial charge in [0.05, 0.1) is 0 Å². The van der Waals surface area contributed by atoms with Crippen molar-refractivity contribution in [3.63, 3.8) is 0 Å². The minimum atomic E-state index is -1.88. The summed E-state index contributed by atoms with van der Waals surface area (Å²) in [5.74, 6) is 0. The first kappa shape index (κ1) is 21.3. The van der Waals surface area contributed by atoms with Crippen molar-refractivity contribution in [2.75, 3.05) is 0 Å². The Bertz CT molecular complexity index is 163. The van der Waals surface area contributed by atoms with Crippen LogP contribution in [0.3, 0.4) is 0 Å². The molecule has 0 saturated carbocycles. The zero-order chi connectivity index (χ0) is 15.1. The Kier molecular flexibility index (Phi) is 16.2. The first-order valence-corrected chi connectivity index (χ1v) is 21.8. The van der Waals surface area contributed by atoms with E-state index in [9.17, 15) is 0 Å². The quantitative estimate of drug-likeness (QED) is 0.173. The average molecular weight is 454 g/mol. The first-order valence-electron chi connectivity index (χ1n) is 9.37. The summed E-state index contributed by atoms with van der Waals surface area (Å²) in [5.41, 5.74) is 0. The molecule has 0 aromatic heterocycles. The second-order valence-electron chi connectivity index (χ2n) is 6.58. The summed E-state index contributed by atoms with van der Waals surface area (Å²) in [5, 5.41) is 0. The van der Waals surface area contributed by atoms with Gasteiger partial charge in [-0.1, -0.05) is 0 Å². The number of hydrogen-bond donors (Lipinski definition) is 0. The summed E-state index contributed by atoms with van der Waals surface area (Å²) in [6.45, 7) is 6.96. The Morgan fingerprint density at radius 2 is 0.800 bits per heavy atom. The Balaban J connectivity index is 3.98. The third-order valence-corrected chi connectivity index (χ3v) is 23.1. The molecule has 0 aliphatic heterocycles. The van der Waals surface area contributed by atoms with E-state index in [-0.39, 0.29) is 0 Å². The van der Waals surface area contributed by atoms with Gasteiger partial charge in [-0.3, -0.25) is 0 Å². The molecule has 2 heteroatoms. The molecule has 0 aliphatic carbocycles. The van der Waals surface area contributed by atoms with Crippen LogP contribution in [0, 0.1) is 0 Å². The molecule has 0 N–H and O–H groups in total. The molecule has 0 nitrogen and oxygen atoms in total. The van der Waals surface area contributed by atoms with Crippen LogP contribution in [0.4, 0.5) is 0 Å². The molecule has 0 saturated heterocycles. The fourth-order valence-electron chi connectivity index (χ4n) is 2.98. The molecule has 0 spiro atoms. The van der Waals surface area contributed by atoms with Crippen molar-refractivity contribution in [2.45, 2.75) is 111 Å². The third-order valence-electron chi connectivity index (χ3n) is 4.44. The van der Waals surface area contributed by atoms with Crippen molar-refractivity contribution in [2.24, 2.45) is 0 Å². The summed E-state index contributed by atoms with van der Waals surface area (Å²) in [7, 11) is 0. The van der Waals surface area contributed by atoms with Crippen LogP contribution in [0.25, 0.3) is 0 Å². The van der Waals surface area contributed by atoms with E-state index in [4.69, 9.17) is 0 Å². The SMILES string of the molecule is CCCCC[CH2][Sn]([Br])([CH2]CCCCC)[CH2]CCCCC. The standard InChI is InChI=1S/3C6H13.BrH.Sn/c3*1-3-5-6-4-2;;/h3*1,3-6H2,2H3;1H;/q;;;;+1/p-1. The molecule has 0 amide bonds. The van der Waals surface area contributed by atoms with Gasteiger partial charge in [0, 0.05) is 0 Å². The van der Waals surface area contributed by atoms with Crippen LogP contribution < -0.4 is 0 Å². The molecular weight excluding hydrogens is 415 g/mol. The molecule has 0 fully saturated rings. The van der Waals surface area contributed by atoms with Gasteiger partial charge < -0.3 is 0 Å². The number of unbranched alkanes of at least 4 members (excludes halogenated alkanes) is 9. The molecular formula is C18H39BrSn. The van der Waals surface area contributed by atoms with Crippen molar-refractivity contribution in [1.82, 2.24) is 0 Å². The predicted octanol–water partition coefficient (Wildman–Crippen LogP) is 8.07. The molecule has 0 atom stereocenters. The molecule has 0 aliphatic rings. The van der Waals surface area contributed by atoms with Crippen LogP contribution in [0.15, 0.2) is 0 Å². The third kappa shape index (κ3) is 13.0. The molecule has 0 unspecified atom stereocenters. The van der Waals surface area contributed by atoms with Gasteiger partial charge in [-0.25, -0.2) is 0 Å². The van der Waals surface area contributed by atoms with Gasteiger partial charge >= 0.3 is 140 Å². The topological polar surface area (TPSA) is 0 Å². The van der Waals surface area contributed by atoms with E-state index in [1.54, 1.807) is 13.3 Å². The van der Waals surface area contributed by atoms with Crippen molar-refractivity contribution in [3.05, 3.63) is 0 Å². The zero-order valence-corrected chi connectivity index (χ0v) is 18.9. The Hall–Kier alpha value is 1.28. The minimum absolute atomic E-state index is 1.37. The van der Waals surface area contributed by atoms with Crippen LogP contribution in [-0.2, 0) is 0 Å². The Morgan fingerprint density at radius 3 is 1.05 bits per heavy atom. The second kappa shape index (κ2) is 15.2. The van der Waals surface area contributed by atoms with E-state index in [0.717, 1.165) is 0 Å². The van der Waals surface area contributed by atoms with E-state index in [2.05, 4.69) is 33.5 Å². The Labute approximate surface area is 139 Å². The molecule has 0 aromatic rings. The molecule has 0 heterocycles. The van der Waals surface area contributed by atoms with E-state index < -0.39 is 16.2 Å². The average Bonchev–Trinajstić information content (AvgIpc) is 2.45. The van der Waals surface area contributed by atoms with Crippen molar-refractivity contribution in [3.8, 4) is 0 Å². The summed E-state index contributed by atoms with van der Waals surface area (Å²) in [4.78, 5) is 0. The van der Waals surface area contributed by atoms with Crippen LogP contribution in [0.5, 0.6) is 0 Å². The van der Waals surface area contributed by atoms with Gasteiger partial charge in [-0.15, -0.1) is 0 Å². The van der Waals surface area contributed by atoms with Gasteiger partial charge in [0.15, 0.2) is 0 Å². The van der Waals surface area contributed by atoms with Crippen molar-refractivity contribution < 1.29 is 0 Å². The maximum atomic E-state index is 4.35. The van der Waals surface area contributed by atoms with Gasteiger partial charge in [0.1, 0.15) is 0 Å². The number of rotatable bonds is 15. The van der Waals surface area contributed by atoms with E-state index in [1.165, 1.54) is 77.0 Å². The fraction of sp³-hybridized carbons (Fsp3) is 1.00. The molecule has 0 rings (SSSR count).